The number of hydrogen-bond donors (Lipinski definition) is 6. The molecule has 1 saturated heterocycles. The van der Waals surface area contributed by atoms with Crippen LogP contribution in [0.3, 0.4) is 0 Å². The summed E-state index contributed by atoms with van der Waals surface area (Å²) in [5.74, 6) is -0.231. The molecule has 1 rings (SSSR count). The van der Waals surface area contributed by atoms with E-state index in [1.807, 2.05) is 6.08 Å². The number of unbranched alkanes of at least 4 members (excludes halogenated alkanes) is 30. The van der Waals surface area contributed by atoms with E-state index in [4.69, 9.17) is 14.2 Å². The number of ether oxygens (including phenoxy) is 3. The first-order valence-corrected chi connectivity index (χ1v) is 29.4. The van der Waals surface area contributed by atoms with E-state index in [0.717, 1.165) is 96.3 Å². The Kier molecular flexibility index (Phi) is 46.7. The van der Waals surface area contributed by atoms with Gasteiger partial charge in [-0.1, -0.05) is 204 Å². The minimum atomic E-state index is -1.58. The number of allylic oxidation sites excluding steroid dienone is 7. The van der Waals surface area contributed by atoms with E-state index in [0.29, 0.717) is 19.4 Å². The Bertz CT molecular complexity index is 1320. The zero-order valence-electron chi connectivity index (χ0n) is 45.4. The number of amides is 1. The summed E-state index contributed by atoms with van der Waals surface area (Å²) < 4.78 is 16.7. The van der Waals surface area contributed by atoms with Gasteiger partial charge in [0.25, 0.3) is 0 Å². The second kappa shape index (κ2) is 49.8. The van der Waals surface area contributed by atoms with E-state index in [2.05, 4.69) is 55.6 Å². The van der Waals surface area contributed by atoms with Crippen molar-refractivity contribution in [3.63, 3.8) is 0 Å². The number of aliphatic hydroxyl groups is 5. The maximum atomic E-state index is 13.0. The fraction of sp³-hybridized carbons (Fsp3) is 0.833. The lowest BCUT2D eigenvalue weighted by Crippen LogP contribution is -2.60. The summed E-state index contributed by atoms with van der Waals surface area (Å²) >= 11 is 0. The molecule has 1 aliphatic heterocycles. The number of esters is 1. The highest BCUT2D eigenvalue weighted by atomic mass is 16.7. The summed E-state index contributed by atoms with van der Waals surface area (Å²) in [6.45, 7) is 4.25. The largest absolute Gasteiger partial charge is 0.466 e. The number of carbonyl (C=O) groups is 2. The number of hydrogen-bond acceptors (Lipinski definition) is 10. The monoisotopic (exact) mass is 1000 g/mol. The van der Waals surface area contributed by atoms with Crippen molar-refractivity contribution in [1.82, 2.24) is 5.32 Å². The topological polar surface area (TPSA) is 175 Å². The number of carbonyl (C=O) groups excluding carboxylic acids is 2. The maximum absolute atomic E-state index is 13.0. The van der Waals surface area contributed by atoms with Crippen molar-refractivity contribution in [3.05, 3.63) is 48.6 Å². The fourth-order valence-electron chi connectivity index (χ4n) is 8.93. The van der Waals surface area contributed by atoms with E-state index in [1.54, 1.807) is 6.08 Å². The molecule has 1 heterocycles. The molecule has 11 nitrogen and oxygen atoms in total. The van der Waals surface area contributed by atoms with Gasteiger partial charge >= 0.3 is 5.97 Å². The highest BCUT2D eigenvalue weighted by Crippen LogP contribution is 2.23. The normalized spacial score (nSPS) is 19.5. The van der Waals surface area contributed by atoms with Crippen molar-refractivity contribution in [2.75, 3.05) is 19.8 Å². The highest BCUT2D eigenvalue weighted by Gasteiger charge is 2.44. The van der Waals surface area contributed by atoms with Gasteiger partial charge in [-0.05, 0) is 89.9 Å². The number of aliphatic hydroxyl groups excluding tert-OH is 5. The maximum Gasteiger partial charge on any atom is 0.305 e. The molecule has 1 amide bonds. The van der Waals surface area contributed by atoms with Crippen molar-refractivity contribution in [3.8, 4) is 0 Å². The van der Waals surface area contributed by atoms with E-state index in [1.165, 1.54) is 135 Å². The Hall–Kier alpha value is -2.38. The first-order chi connectivity index (χ1) is 34.7. The summed E-state index contributed by atoms with van der Waals surface area (Å²) in [7, 11) is 0. The van der Waals surface area contributed by atoms with Crippen LogP contribution < -0.4 is 5.32 Å². The third kappa shape index (κ3) is 39.7. The van der Waals surface area contributed by atoms with Gasteiger partial charge in [0.05, 0.1) is 32.0 Å². The fourth-order valence-corrected chi connectivity index (χ4v) is 8.93. The molecule has 0 aliphatic carbocycles. The molecule has 0 radical (unpaired) electrons. The van der Waals surface area contributed by atoms with Gasteiger partial charge in [0.1, 0.15) is 24.4 Å². The van der Waals surface area contributed by atoms with Gasteiger partial charge in [-0.15, -0.1) is 0 Å². The van der Waals surface area contributed by atoms with Crippen LogP contribution in [0, 0.1) is 0 Å². The molecule has 7 atom stereocenters. The molecule has 0 aromatic rings. The summed E-state index contributed by atoms with van der Waals surface area (Å²) in [6, 6.07) is -0.822. The van der Waals surface area contributed by atoms with Gasteiger partial charge in [-0.2, -0.15) is 0 Å². The van der Waals surface area contributed by atoms with E-state index in [-0.39, 0.29) is 18.5 Å². The van der Waals surface area contributed by atoms with Crippen molar-refractivity contribution in [2.45, 2.75) is 301 Å². The van der Waals surface area contributed by atoms with Crippen LogP contribution in [0.4, 0.5) is 0 Å². The Balaban J connectivity index is 2.05. The smallest absolute Gasteiger partial charge is 0.305 e. The molecular weight excluding hydrogens is 895 g/mol. The molecule has 6 N–H and O–H groups in total. The zero-order valence-corrected chi connectivity index (χ0v) is 45.4. The molecule has 11 heteroatoms. The Morgan fingerprint density at radius 1 is 0.521 bits per heavy atom. The van der Waals surface area contributed by atoms with Crippen LogP contribution in [0.25, 0.3) is 0 Å². The predicted molar refractivity (Wildman–Crippen MR) is 292 cm³/mol. The molecule has 0 aromatic carbocycles. The molecule has 7 unspecified atom stereocenters. The van der Waals surface area contributed by atoms with Gasteiger partial charge in [0.2, 0.25) is 5.91 Å². The molecular formula is C60H109NO10. The van der Waals surface area contributed by atoms with E-state index >= 15 is 0 Å². The predicted octanol–water partition coefficient (Wildman–Crippen LogP) is 13.3. The van der Waals surface area contributed by atoms with Crippen LogP contribution >= 0.6 is 0 Å². The third-order valence-corrected chi connectivity index (χ3v) is 13.7. The van der Waals surface area contributed by atoms with Crippen molar-refractivity contribution in [2.24, 2.45) is 0 Å². The minimum Gasteiger partial charge on any atom is -0.466 e. The van der Waals surface area contributed by atoms with Gasteiger partial charge in [0.15, 0.2) is 6.29 Å². The second-order valence-electron chi connectivity index (χ2n) is 20.3. The van der Waals surface area contributed by atoms with Crippen LogP contribution in [-0.4, -0.2) is 100 Å². The number of nitrogens with one attached hydrogen (secondary N) is 1. The molecule has 0 spiro atoms. The van der Waals surface area contributed by atoms with Crippen LogP contribution in [0.15, 0.2) is 48.6 Å². The van der Waals surface area contributed by atoms with E-state index < -0.39 is 49.5 Å². The summed E-state index contributed by atoms with van der Waals surface area (Å²) in [6.07, 6.45) is 52.1. The molecule has 71 heavy (non-hydrogen) atoms. The molecule has 0 saturated carbocycles. The van der Waals surface area contributed by atoms with Crippen LogP contribution in [0.5, 0.6) is 0 Å². The lowest BCUT2D eigenvalue weighted by atomic mass is 9.99. The summed E-state index contributed by atoms with van der Waals surface area (Å²) in [5, 5.41) is 54.2. The Labute approximate surface area is 434 Å². The number of rotatable bonds is 50. The lowest BCUT2D eigenvalue weighted by Gasteiger charge is -2.40. The third-order valence-electron chi connectivity index (χ3n) is 13.7. The standard InChI is InChI=1S/C60H109NO10/c1-3-5-7-9-11-13-14-15-16-17-18-22-25-28-32-36-40-44-48-56(65)69-49-45-41-37-33-29-26-23-20-19-21-24-27-31-35-39-43-47-55(64)61-52(53(63)46-42-38-34-30-12-10-8-6-4-2)51-70-60-59(68)58(67)57(66)54(50-62)71-60/h13-14,16-17,19,21,42,46,52-54,57-60,62-63,66-68H,3-12,15,18,20,22-41,43-45,47-51H2,1-2H3,(H,61,64)/b14-13-,17-16-,21-19-,46-42+. The van der Waals surface area contributed by atoms with Gasteiger partial charge in [-0.3, -0.25) is 9.59 Å². The summed E-state index contributed by atoms with van der Waals surface area (Å²) in [5.41, 5.74) is 0. The van der Waals surface area contributed by atoms with Gasteiger partial charge in [-0.25, -0.2) is 0 Å². The zero-order chi connectivity index (χ0) is 51.7. The van der Waals surface area contributed by atoms with Crippen molar-refractivity contribution >= 4 is 11.9 Å². The van der Waals surface area contributed by atoms with Crippen molar-refractivity contribution < 1.29 is 49.3 Å². The quantitative estimate of drug-likeness (QED) is 0.0195. The molecule has 0 bridgehead atoms. The Morgan fingerprint density at radius 2 is 0.944 bits per heavy atom. The van der Waals surface area contributed by atoms with Crippen LogP contribution in [-0.2, 0) is 23.8 Å². The average Bonchev–Trinajstić information content (AvgIpc) is 3.37. The minimum absolute atomic E-state index is 0.0289. The van der Waals surface area contributed by atoms with Crippen molar-refractivity contribution in [1.29, 1.82) is 0 Å². The second-order valence-corrected chi connectivity index (χ2v) is 20.3. The summed E-state index contributed by atoms with van der Waals surface area (Å²) in [4.78, 5) is 25.1. The first-order valence-electron chi connectivity index (χ1n) is 29.4. The van der Waals surface area contributed by atoms with Gasteiger partial charge in [0, 0.05) is 12.8 Å². The highest BCUT2D eigenvalue weighted by molar-refractivity contribution is 5.76. The Morgan fingerprint density at radius 3 is 1.45 bits per heavy atom. The SMILES string of the molecule is CCCCCC/C=C\C/C=C\CCCCCCCCCC(=O)OCCCCCCCCC/C=C\CCCCCCCC(=O)NC(COC1OC(CO)C(O)C(O)C1O)C(O)/C=C/CCCCCCCCC. The molecule has 1 fully saturated rings. The first kappa shape index (κ1) is 66.6. The van der Waals surface area contributed by atoms with Crippen LogP contribution in [0.2, 0.25) is 0 Å². The molecule has 1 aliphatic rings. The molecule has 414 valence electrons. The molecule has 0 aromatic heterocycles. The lowest BCUT2D eigenvalue weighted by molar-refractivity contribution is -0.302. The van der Waals surface area contributed by atoms with Gasteiger partial charge < -0.3 is 45.1 Å². The van der Waals surface area contributed by atoms with E-state index in [9.17, 15) is 35.1 Å². The van der Waals surface area contributed by atoms with Crippen LogP contribution in [0.1, 0.15) is 258 Å². The average molecular weight is 1000 g/mol.